The number of carbonyl (C=O) groups is 4. The topological polar surface area (TPSA) is 224 Å². The minimum Gasteiger partial charge on any atom is -0.482 e. The summed E-state index contributed by atoms with van der Waals surface area (Å²) >= 11 is 5.88. The largest absolute Gasteiger partial charge is 0.482 e. The van der Waals surface area contributed by atoms with E-state index in [1.54, 1.807) is 12.1 Å². The predicted octanol–water partition coefficient (Wildman–Crippen LogP) is 1.93. The second-order valence-electron chi connectivity index (χ2n) is 12.1. The van der Waals surface area contributed by atoms with Gasteiger partial charge in [0.2, 0.25) is 12.0 Å². The molecule has 252 valence electrons. The van der Waals surface area contributed by atoms with Crippen molar-refractivity contribution in [2.45, 2.75) is 69.4 Å². The number of benzene rings is 1. The molecule has 3 heterocycles. The highest BCUT2D eigenvalue weighted by atomic mass is 35.5. The molecule has 5 rings (SSSR count). The van der Waals surface area contributed by atoms with Crippen LogP contribution in [0.1, 0.15) is 67.4 Å². The van der Waals surface area contributed by atoms with E-state index in [2.05, 4.69) is 25.6 Å². The van der Waals surface area contributed by atoms with Crippen LogP contribution in [-0.2, 0) is 25.5 Å². The van der Waals surface area contributed by atoms with Crippen molar-refractivity contribution in [3.63, 3.8) is 0 Å². The molecule has 16 heteroatoms. The van der Waals surface area contributed by atoms with Gasteiger partial charge in [-0.15, -0.1) is 0 Å². The highest BCUT2D eigenvalue weighted by molar-refractivity contribution is 6.31. The fourth-order valence-electron chi connectivity index (χ4n) is 6.14. The number of hydrogen-bond acceptors (Lipinski definition) is 12. The Bertz CT molecular complexity index is 1520. The lowest BCUT2D eigenvalue weighted by molar-refractivity contribution is -0.170. The SMILES string of the molecule is Nc1nc(N)c(C(=O)NC2=NCC3(CCN(C(=O)CCc4ccc(OCC(=O)OC(C(=O)O)C5CCCCC5)cc4)CC3)N2)nc1Cl. The summed E-state index contributed by atoms with van der Waals surface area (Å²) in [5, 5.41) is 15.3. The van der Waals surface area contributed by atoms with Crippen molar-refractivity contribution >= 4 is 52.9 Å². The number of carboxylic acids is 1. The number of amides is 2. The average molecular weight is 671 g/mol. The van der Waals surface area contributed by atoms with Crippen LogP contribution in [-0.4, -0.2) is 87.6 Å². The number of guanidine groups is 1. The van der Waals surface area contributed by atoms with E-state index in [0.717, 1.165) is 37.7 Å². The van der Waals surface area contributed by atoms with E-state index in [4.69, 9.17) is 32.5 Å². The number of esters is 1. The second-order valence-corrected chi connectivity index (χ2v) is 12.5. The maximum atomic E-state index is 13.0. The smallest absolute Gasteiger partial charge is 0.345 e. The molecule has 1 spiro atoms. The molecule has 1 atom stereocenters. The number of rotatable bonds is 10. The number of carboxylic acid groups (broad SMARTS) is 1. The second kappa shape index (κ2) is 14.8. The molecular formula is C31H39ClN8O7. The van der Waals surface area contributed by atoms with Gasteiger partial charge in [0.1, 0.15) is 5.75 Å². The van der Waals surface area contributed by atoms with Crippen LogP contribution >= 0.6 is 11.6 Å². The van der Waals surface area contributed by atoms with E-state index in [0.29, 0.717) is 51.1 Å². The summed E-state index contributed by atoms with van der Waals surface area (Å²) in [6.45, 7) is 1.14. The monoisotopic (exact) mass is 670 g/mol. The minimum atomic E-state index is -1.15. The fraction of sp³-hybridized carbons (Fsp3) is 0.516. The van der Waals surface area contributed by atoms with Crippen molar-refractivity contribution in [3.8, 4) is 5.75 Å². The lowest BCUT2D eigenvalue weighted by atomic mass is 9.85. The molecule has 2 amide bonds. The Hall–Kier alpha value is -4.66. The van der Waals surface area contributed by atoms with Crippen molar-refractivity contribution < 1.29 is 33.8 Å². The molecular weight excluding hydrogens is 632 g/mol. The number of nitrogen functional groups attached to an aromatic ring is 2. The highest BCUT2D eigenvalue weighted by Crippen LogP contribution is 2.29. The summed E-state index contributed by atoms with van der Waals surface area (Å²) in [6, 6.07) is 7.07. The lowest BCUT2D eigenvalue weighted by Gasteiger charge is -2.39. The van der Waals surface area contributed by atoms with Crippen molar-refractivity contribution in [3.05, 3.63) is 40.7 Å². The van der Waals surface area contributed by atoms with Crippen LogP contribution in [0.15, 0.2) is 29.3 Å². The van der Waals surface area contributed by atoms with E-state index in [-0.39, 0.29) is 52.4 Å². The number of nitrogens with one attached hydrogen (secondary N) is 2. The van der Waals surface area contributed by atoms with Gasteiger partial charge in [0, 0.05) is 25.4 Å². The highest BCUT2D eigenvalue weighted by Gasteiger charge is 2.40. The molecule has 1 saturated heterocycles. The number of ether oxygens (including phenoxy) is 2. The summed E-state index contributed by atoms with van der Waals surface area (Å²) in [4.78, 5) is 63.6. The van der Waals surface area contributed by atoms with Gasteiger partial charge in [-0.05, 0) is 49.8 Å². The van der Waals surface area contributed by atoms with Crippen molar-refractivity contribution in [2.24, 2.45) is 10.9 Å². The Kier molecular flexibility index (Phi) is 10.6. The number of piperidine rings is 1. The third-order valence-corrected chi connectivity index (χ3v) is 9.11. The molecule has 7 N–H and O–H groups in total. The van der Waals surface area contributed by atoms with Crippen molar-refractivity contribution in [2.75, 3.05) is 37.7 Å². The third kappa shape index (κ3) is 8.58. The van der Waals surface area contributed by atoms with Crippen LogP contribution in [0.3, 0.4) is 0 Å². The van der Waals surface area contributed by atoms with Gasteiger partial charge < -0.3 is 36.3 Å². The van der Waals surface area contributed by atoms with Crippen molar-refractivity contribution in [1.82, 2.24) is 25.5 Å². The number of nitrogens with two attached hydrogens (primary N) is 2. The van der Waals surface area contributed by atoms with Gasteiger partial charge in [-0.3, -0.25) is 19.9 Å². The summed E-state index contributed by atoms with van der Waals surface area (Å²) in [6.07, 6.45) is 5.42. The van der Waals surface area contributed by atoms with E-state index >= 15 is 0 Å². The first-order valence-electron chi connectivity index (χ1n) is 15.7. The molecule has 3 aliphatic rings. The average Bonchev–Trinajstić information content (AvgIpc) is 3.45. The maximum absolute atomic E-state index is 13.0. The van der Waals surface area contributed by atoms with Crippen LogP contribution in [0.5, 0.6) is 5.75 Å². The molecule has 1 unspecified atom stereocenters. The first-order chi connectivity index (χ1) is 22.5. The lowest BCUT2D eigenvalue weighted by Crippen LogP contribution is -2.57. The summed E-state index contributed by atoms with van der Waals surface area (Å²) in [7, 11) is 0. The zero-order valence-corrected chi connectivity index (χ0v) is 26.6. The van der Waals surface area contributed by atoms with Gasteiger partial charge in [0.05, 0.1) is 12.1 Å². The summed E-state index contributed by atoms with van der Waals surface area (Å²) in [5.74, 6) is -2.08. The van der Waals surface area contributed by atoms with Crippen LogP contribution < -0.4 is 26.8 Å². The Morgan fingerprint density at radius 1 is 1.06 bits per heavy atom. The van der Waals surface area contributed by atoms with E-state index in [1.807, 2.05) is 17.0 Å². The number of carbonyl (C=O) groups excluding carboxylic acids is 3. The molecule has 1 saturated carbocycles. The molecule has 1 aromatic carbocycles. The zero-order valence-electron chi connectivity index (χ0n) is 25.9. The molecule has 2 aliphatic heterocycles. The first-order valence-corrected chi connectivity index (χ1v) is 16.0. The van der Waals surface area contributed by atoms with Gasteiger partial charge in [0.25, 0.3) is 5.91 Å². The zero-order chi connectivity index (χ0) is 33.6. The molecule has 47 heavy (non-hydrogen) atoms. The van der Waals surface area contributed by atoms with Gasteiger partial charge in [-0.2, -0.15) is 0 Å². The predicted molar refractivity (Wildman–Crippen MR) is 172 cm³/mol. The van der Waals surface area contributed by atoms with Crippen LogP contribution in [0.25, 0.3) is 0 Å². The number of aliphatic imine (C=N–C) groups is 1. The van der Waals surface area contributed by atoms with Gasteiger partial charge >= 0.3 is 11.9 Å². The molecule has 0 bridgehead atoms. The van der Waals surface area contributed by atoms with Crippen molar-refractivity contribution in [1.29, 1.82) is 0 Å². The number of nitrogens with zero attached hydrogens (tertiary/aromatic N) is 4. The number of hydrogen-bond donors (Lipinski definition) is 5. The molecule has 2 fully saturated rings. The number of halogens is 1. The standard InChI is InChI=1S/C31H39ClN8O7/c32-25-27(34)37-26(33)23(36-25)28(43)38-30-35-17-31(39-30)12-14-40(15-13-31)21(41)11-8-18-6-9-20(10-7-18)46-16-22(42)47-24(29(44)45)19-4-2-1-3-5-19/h6-7,9-10,19,24H,1-5,8,11-17H2,(H,44,45)(H4,33,34,37)(H2,35,38,39,43). The van der Waals surface area contributed by atoms with Crippen LogP contribution in [0.4, 0.5) is 11.6 Å². The third-order valence-electron chi connectivity index (χ3n) is 8.84. The molecule has 0 radical (unpaired) electrons. The van der Waals surface area contributed by atoms with Gasteiger partial charge in [-0.1, -0.05) is 43.0 Å². The summed E-state index contributed by atoms with van der Waals surface area (Å²) in [5.41, 5.74) is 11.8. The van der Waals surface area contributed by atoms with E-state index in [1.165, 1.54) is 0 Å². The number of aromatic nitrogens is 2. The van der Waals surface area contributed by atoms with E-state index < -0.39 is 23.9 Å². The number of aliphatic carboxylic acids is 1. The Balaban J connectivity index is 1.01. The number of anilines is 2. The van der Waals surface area contributed by atoms with Crippen LogP contribution in [0, 0.1) is 5.92 Å². The fourth-order valence-corrected chi connectivity index (χ4v) is 6.27. The number of aryl methyl sites for hydroxylation is 1. The quantitative estimate of drug-likeness (QED) is 0.229. The molecule has 15 nitrogen and oxygen atoms in total. The Morgan fingerprint density at radius 3 is 2.45 bits per heavy atom. The van der Waals surface area contributed by atoms with E-state index in [9.17, 15) is 24.3 Å². The maximum Gasteiger partial charge on any atom is 0.345 e. The Morgan fingerprint density at radius 2 is 1.77 bits per heavy atom. The minimum absolute atomic E-state index is 0.0376. The molecule has 1 aliphatic carbocycles. The number of likely N-dealkylation sites (tertiary alicyclic amines) is 1. The normalized spacial score (nSPS) is 18.1. The van der Waals surface area contributed by atoms with Crippen LogP contribution in [0.2, 0.25) is 5.15 Å². The first kappa shape index (κ1) is 33.7. The van der Waals surface area contributed by atoms with Gasteiger partial charge in [0.15, 0.2) is 35.0 Å². The Labute approximate surface area is 276 Å². The molecule has 2 aromatic rings. The summed E-state index contributed by atoms with van der Waals surface area (Å²) < 4.78 is 10.8. The van der Waals surface area contributed by atoms with Gasteiger partial charge in [-0.25, -0.2) is 19.6 Å². The molecule has 1 aromatic heterocycles.